The molecule has 0 aliphatic carbocycles. The van der Waals surface area contributed by atoms with Crippen molar-refractivity contribution in [2.75, 3.05) is 30.3 Å². The van der Waals surface area contributed by atoms with Gasteiger partial charge in [-0.15, -0.1) is 11.8 Å². The number of pyridine rings is 1. The third-order valence-electron chi connectivity index (χ3n) is 4.13. The number of carbonyl (C=O) groups excluding carboxylic acids is 1. The fourth-order valence-electron chi connectivity index (χ4n) is 2.85. The van der Waals surface area contributed by atoms with E-state index >= 15 is 0 Å². The Balaban J connectivity index is 1.46. The highest BCUT2D eigenvalue weighted by Gasteiger charge is 2.20. The minimum Gasteiger partial charge on any atom is -0.356 e. The zero-order valence-corrected chi connectivity index (χ0v) is 14.9. The van der Waals surface area contributed by atoms with E-state index in [2.05, 4.69) is 15.2 Å². The summed E-state index contributed by atoms with van der Waals surface area (Å²) in [7, 11) is 0. The summed E-state index contributed by atoms with van der Waals surface area (Å²) >= 11 is 1.66. The van der Waals surface area contributed by atoms with Gasteiger partial charge in [0.2, 0.25) is 0 Å². The molecule has 2 heterocycles. The first-order chi connectivity index (χ1) is 12.2. The van der Waals surface area contributed by atoms with Gasteiger partial charge in [-0.25, -0.2) is 9.37 Å². The highest BCUT2D eigenvalue weighted by molar-refractivity contribution is 7.99. The summed E-state index contributed by atoms with van der Waals surface area (Å²) in [5.41, 5.74) is 0.649. The van der Waals surface area contributed by atoms with Crippen LogP contribution in [0.5, 0.6) is 0 Å². The van der Waals surface area contributed by atoms with Crippen LogP contribution in [-0.4, -0.2) is 36.3 Å². The summed E-state index contributed by atoms with van der Waals surface area (Å²) in [5, 5.41) is 2.98. The summed E-state index contributed by atoms with van der Waals surface area (Å²) in [5.74, 6) is 1.37. The third-order valence-corrected chi connectivity index (χ3v) is 5.22. The first-order valence-corrected chi connectivity index (χ1v) is 9.59. The monoisotopic (exact) mass is 359 g/mol. The van der Waals surface area contributed by atoms with Gasteiger partial charge in [-0.2, -0.15) is 0 Å². The molecule has 25 heavy (non-hydrogen) atoms. The highest BCUT2D eigenvalue weighted by atomic mass is 32.2. The van der Waals surface area contributed by atoms with E-state index in [1.165, 1.54) is 12.1 Å². The van der Waals surface area contributed by atoms with E-state index < -0.39 is 0 Å². The first-order valence-electron chi connectivity index (χ1n) is 8.60. The fourth-order valence-corrected chi connectivity index (χ4v) is 3.70. The van der Waals surface area contributed by atoms with Crippen molar-refractivity contribution in [3.63, 3.8) is 0 Å². The minimum atomic E-state index is -0.220. The van der Waals surface area contributed by atoms with E-state index in [-0.39, 0.29) is 11.7 Å². The molecule has 1 saturated heterocycles. The van der Waals surface area contributed by atoms with Crippen molar-refractivity contribution in [3.05, 3.63) is 54.0 Å². The maximum absolute atomic E-state index is 12.9. The van der Waals surface area contributed by atoms with E-state index in [1.54, 1.807) is 36.2 Å². The number of nitrogens with one attached hydrogen (secondary N) is 1. The molecule has 0 spiro atoms. The lowest BCUT2D eigenvalue weighted by Gasteiger charge is -2.19. The van der Waals surface area contributed by atoms with Crippen LogP contribution in [0.3, 0.4) is 0 Å². The lowest BCUT2D eigenvalue weighted by atomic mass is 10.2. The summed E-state index contributed by atoms with van der Waals surface area (Å²) < 4.78 is 12.9. The van der Waals surface area contributed by atoms with Crippen LogP contribution in [0.4, 0.5) is 10.2 Å². The molecule has 1 aliphatic heterocycles. The Morgan fingerprint density at radius 1 is 1.20 bits per heavy atom. The van der Waals surface area contributed by atoms with Gasteiger partial charge in [-0.05, 0) is 61.4 Å². The van der Waals surface area contributed by atoms with E-state index in [9.17, 15) is 9.18 Å². The van der Waals surface area contributed by atoms with Gasteiger partial charge in [0.1, 0.15) is 11.6 Å². The number of hydrogen-bond donors (Lipinski definition) is 1. The molecule has 3 rings (SSSR count). The third kappa shape index (κ3) is 4.95. The number of nitrogens with zero attached hydrogens (tertiary/aromatic N) is 2. The smallest absolute Gasteiger partial charge is 0.255 e. The zero-order valence-electron chi connectivity index (χ0n) is 14.1. The number of thioether (sulfide) groups is 1. The Kier molecular flexibility index (Phi) is 6.28. The van der Waals surface area contributed by atoms with Crippen molar-refractivity contribution >= 4 is 23.5 Å². The normalized spacial score (nSPS) is 13.9. The van der Waals surface area contributed by atoms with Crippen molar-refractivity contribution in [2.24, 2.45) is 0 Å². The molecule has 4 nitrogen and oxygen atoms in total. The summed E-state index contributed by atoms with van der Waals surface area (Å²) in [6, 6.07) is 10.1. The molecule has 6 heteroatoms. The predicted octanol–water partition coefficient (Wildman–Crippen LogP) is 3.73. The molecule has 132 valence electrons. The average Bonchev–Trinajstić information content (AvgIpc) is 3.17. The molecule has 1 aliphatic rings. The maximum Gasteiger partial charge on any atom is 0.255 e. The van der Waals surface area contributed by atoms with Crippen LogP contribution >= 0.6 is 11.8 Å². The van der Waals surface area contributed by atoms with Gasteiger partial charge in [0.15, 0.2) is 0 Å². The van der Waals surface area contributed by atoms with Gasteiger partial charge in [0.05, 0.1) is 5.56 Å². The van der Waals surface area contributed by atoms with Crippen molar-refractivity contribution in [1.29, 1.82) is 0 Å². The number of aromatic nitrogens is 1. The number of halogens is 1. The maximum atomic E-state index is 12.9. The van der Waals surface area contributed by atoms with Crippen LogP contribution in [0.2, 0.25) is 0 Å². The molecule has 1 aromatic heterocycles. The summed E-state index contributed by atoms with van der Waals surface area (Å²) in [6.45, 7) is 2.54. The Morgan fingerprint density at radius 2 is 1.96 bits per heavy atom. The molecule has 1 N–H and O–H groups in total. The van der Waals surface area contributed by atoms with Crippen LogP contribution in [-0.2, 0) is 0 Å². The second-order valence-corrected chi connectivity index (χ2v) is 7.15. The molecular weight excluding hydrogens is 337 g/mol. The fraction of sp³-hybridized carbons (Fsp3) is 0.368. The molecule has 0 saturated carbocycles. The molecule has 0 unspecified atom stereocenters. The Hall–Kier alpha value is -2.08. The average molecular weight is 359 g/mol. The van der Waals surface area contributed by atoms with Gasteiger partial charge in [0.25, 0.3) is 5.91 Å². The quantitative estimate of drug-likeness (QED) is 0.604. The lowest BCUT2D eigenvalue weighted by molar-refractivity contribution is 0.0954. The molecule has 0 atom stereocenters. The van der Waals surface area contributed by atoms with Crippen molar-refractivity contribution in [1.82, 2.24) is 10.3 Å². The van der Waals surface area contributed by atoms with Gasteiger partial charge >= 0.3 is 0 Å². The minimum absolute atomic E-state index is 0.0678. The lowest BCUT2D eigenvalue weighted by Crippen LogP contribution is -2.29. The second kappa shape index (κ2) is 8.85. The number of carbonyl (C=O) groups is 1. The first kappa shape index (κ1) is 17.7. The molecule has 2 aromatic rings. The summed E-state index contributed by atoms with van der Waals surface area (Å²) in [4.78, 5) is 20.1. The largest absolute Gasteiger partial charge is 0.356 e. The predicted molar refractivity (Wildman–Crippen MR) is 99.8 cm³/mol. The van der Waals surface area contributed by atoms with Gasteiger partial charge < -0.3 is 10.2 Å². The Bertz CT molecular complexity index is 702. The number of anilines is 1. The van der Waals surface area contributed by atoms with Gasteiger partial charge in [0, 0.05) is 30.7 Å². The number of benzene rings is 1. The molecule has 1 fully saturated rings. The molecule has 0 bridgehead atoms. The van der Waals surface area contributed by atoms with Crippen LogP contribution in [0.15, 0.2) is 47.5 Å². The standard InChI is InChI=1S/C19H22FN3OS/c20-15-6-8-16(9-7-15)25-14-4-11-22-19(24)17-5-3-10-21-18(17)23-12-1-2-13-23/h3,5-10H,1-2,4,11-14H2,(H,22,24). The van der Waals surface area contributed by atoms with E-state index in [0.29, 0.717) is 12.1 Å². The van der Waals surface area contributed by atoms with E-state index in [1.807, 2.05) is 6.07 Å². The van der Waals surface area contributed by atoms with Gasteiger partial charge in [-0.1, -0.05) is 0 Å². The second-order valence-electron chi connectivity index (χ2n) is 5.98. The SMILES string of the molecule is O=C(NCCCSc1ccc(F)cc1)c1cccnc1N1CCCC1. The Labute approximate surface area is 151 Å². The zero-order chi connectivity index (χ0) is 17.5. The van der Waals surface area contributed by atoms with Crippen molar-refractivity contribution in [2.45, 2.75) is 24.2 Å². The van der Waals surface area contributed by atoms with Crippen LogP contribution in [0.25, 0.3) is 0 Å². The summed E-state index contributed by atoms with van der Waals surface area (Å²) in [6.07, 6.45) is 4.90. The number of amides is 1. The molecular formula is C19H22FN3OS. The Morgan fingerprint density at radius 3 is 2.72 bits per heavy atom. The van der Waals surface area contributed by atoms with Gasteiger partial charge in [-0.3, -0.25) is 4.79 Å². The van der Waals surface area contributed by atoms with E-state index in [4.69, 9.17) is 0 Å². The molecule has 1 aromatic carbocycles. The highest BCUT2D eigenvalue weighted by Crippen LogP contribution is 2.22. The van der Waals surface area contributed by atoms with E-state index in [0.717, 1.165) is 48.8 Å². The van der Waals surface area contributed by atoms with Crippen molar-refractivity contribution in [3.8, 4) is 0 Å². The van der Waals surface area contributed by atoms with Crippen LogP contribution in [0, 0.1) is 5.82 Å². The molecule has 1 amide bonds. The van der Waals surface area contributed by atoms with Crippen molar-refractivity contribution < 1.29 is 9.18 Å². The molecule has 0 radical (unpaired) electrons. The topological polar surface area (TPSA) is 45.2 Å². The number of hydrogen-bond acceptors (Lipinski definition) is 4. The van der Waals surface area contributed by atoms with Crippen LogP contribution < -0.4 is 10.2 Å². The number of rotatable bonds is 7. The van der Waals surface area contributed by atoms with Crippen LogP contribution in [0.1, 0.15) is 29.6 Å².